The third kappa shape index (κ3) is 5.84. The molecule has 140 valence electrons. The molecule has 0 aliphatic heterocycles. The number of likely N-dealkylation sites (N-methyl/N-ethyl adjacent to an activating group) is 1. The van der Waals surface area contributed by atoms with Gasteiger partial charge in [0.15, 0.2) is 5.96 Å². The van der Waals surface area contributed by atoms with Crippen LogP contribution in [0.4, 0.5) is 0 Å². The molecule has 5 nitrogen and oxygen atoms in total. The number of amides is 1. The highest BCUT2D eigenvalue weighted by Crippen LogP contribution is 2.44. The van der Waals surface area contributed by atoms with E-state index in [0.717, 1.165) is 30.8 Å². The number of fused-ring (bicyclic) bond motifs is 2. The van der Waals surface area contributed by atoms with E-state index in [9.17, 15) is 4.79 Å². The molecule has 2 fully saturated rings. The summed E-state index contributed by atoms with van der Waals surface area (Å²) in [5.41, 5.74) is 0. The summed E-state index contributed by atoms with van der Waals surface area (Å²) >= 11 is 1.78. The largest absolute Gasteiger partial charge is 0.356 e. The van der Waals surface area contributed by atoms with Crippen LogP contribution in [0.2, 0.25) is 0 Å². The second-order valence-corrected chi connectivity index (χ2v) is 8.17. The molecule has 25 heavy (non-hydrogen) atoms. The second-order valence-electron chi connectivity index (χ2n) is 7.13. The number of carbonyl (C=O) groups excluding carboxylic acids is 1. The van der Waals surface area contributed by atoms with Gasteiger partial charge in [0.1, 0.15) is 6.54 Å². The van der Waals surface area contributed by atoms with Crippen LogP contribution in [0.3, 0.4) is 0 Å². The van der Waals surface area contributed by atoms with Gasteiger partial charge in [-0.05, 0) is 49.0 Å². The van der Waals surface area contributed by atoms with E-state index in [1.54, 1.807) is 30.3 Å². The molecule has 1 amide bonds. The van der Waals surface area contributed by atoms with Gasteiger partial charge in [0.25, 0.3) is 0 Å². The fourth-order valence-corrected chi connectivity index (χ4v) is 4.51. The van der Waals surface area contributed by atoms with Crippen molar-refractivity contribution in [1.29, 1.82) is 0 Å². The Bertz CT molecular complexity index is 576. The summed E-state index contributed by atoms with van der Waals surface area (Å²) in [4.78, 5) is 19.3. The lowest BCUT2D eigenvalue weighted by Gasteiger charge is -2.25. The topological polar surface area (TPSA) is 56.7 Å². The van der Waals surface area contributed by atoms with Crippen molar-refractivity contribution in [3.05, 3.63) is 22.4 Å². The molecule has 2 N–H and O–H groups in total. The lowest BCUT2D eigenvalue weighted by atomic mass is 9.95. The first-order valence-electron chi connectivity index (χ1n) is 8.89. The van der Waals surface area contributed by atoms with Crippen molar-refractivity contribution < 1.29 is 4.79 Å². The van der Waals surface area contributed by atoms with E-state index in [1.165, 1.54) is 30.6 Å². The number of carbonyl (C=O) groups is 1. The van der Waals surface area contributed by atoms with Crippen LogP contribution < -0.4 is 10.6 Å². The first-order valence-corrected chi connectivity index (χ1v) is 9.77. The van der Waals surface area contributed by atoms with Crippen LogP contribution in [0.1, 0.15) is 30.6 Å². The zero-order chi connectivity index (χ0) is 16.9. The van der Waals surface area contributed by atoms with E-state index < -0.39 is 0 Å². The fraction of sp³-hybridized carbons (Fsp3) is 0.667. The minimum atomic E-state index is 0. The van der Waals surface area contributed by atoms with Gasteiger partial charge in [-0.25, -0.2) is 4.99 Å². The Labute approximate surface area is 171 Å². The van der Waals surface area contributed by atoms with Crippen LogP contribution in [-0.2, 0) is 11.2 Å². The number of thiophene rings is 1. The molecule has 3 rings (SSSR count). The van der Waals surface area contributed by atoms with E-state index in [-0.39, 0.29) is 36.4 Å². The summed E-state index contributed by atoms with van der Waals surface area (Å²) in [6, 6.07) is 4.76. The molecule has 1 aromatic rings. The lowest BCUT2D eigenvalue weighted by molar-refractivity contribution is -0.127. The predicted octanol–water partition coefficient (Wildman–Crippen LogP) is 2.72. The first-order chi connectivity index (χ1) is 11.6. The summed E-state index contributed by atoms with van der Waals surface area (Å²) in [7, 11) is 3.54. The monoisotopic (exact) mass is 476 g/mol. The molecule has 2 bridgehead atoms. The van der Waals surface area contributed by atoms with Crippen molar-refractivity contribution in [2.24, 2.45) is 16.8 Å². The quantitative estimate of drug-likeness (QED) is 0.377. The SMILES string of the molecule is CN(C)C(=O)CN=C(NCCc1cccs1)NC1CC2CCC1C2.I. The smallest absolute Gasteiger partial charge is 0.243 e. The van der Waals surface area contributed by atoms with E-state index in [0.29, 0.717) is 6.04 Å². The molecular weight excluding hydrogens is 447 g/mol. The maximum atomic E-state index is 11.8. The number of hydrogen-bond donors (Lipinski definition) is 2. The predicted molar refractivity (Wildman–Crippen MR) is 115 cm³/mol. The molecule has 7 heteroatoms. The molecule has 3 atom stereocenters. The van der Waals surface area contributed by atoms with Gasteiger partial charge in [0, 0.05) is 31.6 Å². The molecule has 3 unspecified atom stereocenters. The maximum Gasteiger partial charge on any atom is 0.243 e. The van der Waals surface area contributed by atoms with Crippen molar-refractivity contribution in [3.63, 3.8) is 0 Å². The zero-order valence-corrected chi connectivity index (χ0v) is 18.2. The molecular formula is C18H29IN4OS. The second kappa shape index (κ2) is 9.75. The standard InChI is InChI=1S/C18H28N4OS.HI/c1-22(2)17(23)12-20-18(19-8-7-15-4-3-9-24-15)21-16-11-13-5-6-14(16)10-13;/h3-4,9,13-14,16H,5-8,10-12H2,1-2H3,(H2,19,20,21);1H. The lowest BCUT2D eigenvalue weighted by Crippen LogP contribution is -2.46. The van der Waals surface area contributed by atoms with Gasteiger partial charge in [-0.1, -0.05) is 12.5 Å². The van der Waals surface area contributed by atoms with Gasteiger partial charge in [0.05, 0.1) is 0 Å². The Morgan fingerprint density at radius 1 is 1.36 bits per heavy atom. The maximum absolute atomic E-state index is 11.8. The minimum absolute atomic E-state index is 0. The molecule has 1 aromatic heterocycles. The van der Waals surface area contributed by atoms with E-state index in [1.807, 2.05) is 0 Å². The Kier molecular flexibility index (Phi) is 7.99. The molecule has 2 saturated carbocycles. The van der Waals surface area contributed by atoms with Gasteiger partial charge in [0.2, 0.25) is 5.91 Å². The number of nitrogens with zero attached hydrogens (tertiary/aromatic N) is 2. The van der Waals surface area contributed by atoms with Crippen LogP contribution in [-0.4, -0.2) is 50.0 Å². The molecule has 0 saturated heterocycles. The Hall–Kier alpha value is -0.830. The number of halogens is 1. The number of rotatable bonds is 6. The molecule has 2 aliphatic carbocycles. The van der Waals surface area contributed by atoms with Crippen molar-refractivity contribution in [3.8, 4) is 0 Å². The fourth-order valence-electron chi connectivity index (χ4n) is 3.80. The highest BCUT2D eigenvalue weighted by atomic mass is 127. The van der Waals surface area contributed by atoms with Crippen molar-refractivity contribution in [2.45, 2.75) is 38.1 Å². The molecule has 2 aliphatic rings. The van der Waals surface area contributed by atoms with Crippen molar-refractivity contribution >= 4 is 47.2 Å². The van der Waals surface area contributed by atoms with Gasteiger partial charge in [-0.2, -0.15) is 0 Å². The van der Waals surface area contributed by atoms with Crippen molar-refractivity contribution in [1.82, 2.24) is 15.5 Å². The van der Waals surface area contributed by atoms with E-state index in [2.05, 4.69) is 33.1 Å². The van der Waals surface area contributed by atoms with Crippen LogP contribution in [0.25, 0.3) is 0 Å². The Balaban J connectivity index is 0.00000225. The zero-order valence-electron chi connectivity index (χ0n) is 15.0. The number of hydrogen-bond acceptors (Lipinski definition) is 3. The van der Waals surface area contributed by atoms with Gasteiger partial charge in [-0.15, -0.1) is 35.3 Å². The number of guanidine groups is 1. The number of nitrogens with one attached hydrogen (secondary N) is 2. The van der Waals surface area contributed by atoms with Crippen LogP contribution in [0, 0.1) is 11.8 Å². The van der Waals surface area contributed by atoms with Gasteiger partial charge in [-0.3, -0.25) is 4.79 Å². The summed E-state index contributed by atoms with van der Waals surface area (Å²) < 4.78 is 0. The van der Waals surface area contributed by atoms with Crippen LogP contribution >= 0.6 is 35.3 Å². The molecule has 0 radical (unpaired) electrons. The average Bonchev–Trinajstić information content (AvgIpc) is 3.29. The van der Waals surface area contributed by atoms with Gasteiger partial charge < -0.3 is 15.5 Å². The normalized spacial score (nSPS) is 24.7. The Morgan fingerprint density at radius 3 is 2.80 bits per heavy atom. The van der Waals surface area contributed by atoms with E-state index >= 15 is 0 Å². The summed E-state index contributed by atoms with van der Waals surface area (Å²) in [6.07, 6.45) is 6.31. The summed E-state index contributed by atoms with van der Waals surface area (Å²) in [5.74, 6) is 2.49. The van der Waals surface area contributed by atoms with Crippen LogP contribution in [0.15, 0.2) is 22.5 Å². The van der Waals surface area contributed by atoms with Crippen molar-refractivity contribution in [2.75, 3.05) is 27.2 Å². The number of aliphatic imine (C=N–C) groups is 1. The summed E-state index contributed by atoms with van der Waals surface area (Å²) in [5, 5.41) is 9.11. The third-order valence-corrected chi connectivity index (χ3v) is 6.11. The van der Waals surface area contributed by atoms with Crippen LogP contribution in [0.5, 0.6) is 0 Å². The summed E-state index contributed by atoms with van der Waals surface area (Å²) in [6.45, 7) is 1.03. The average molecular weight is 476 g/mol. The minimum Gasteiger partial charge on any atom is -0.356 e. The van der Waals surface area contributed by atoms with E-state index in [4.69, 9.17) is 0 Å². The molecule has 1 heterocycles. The Morgan fingerprint density at radius 2 is 2.20 bits per heavy atom. The highest BCUT2D eigenvalue weighted by Gasteiger charge is 2.39. The van der Waals surface area contributed by atoms with Gasteiger partial charge >= 0.3 is 0 Å². The highest BCUT2D eigenvalue weighted by molar-refractivity contribution is 14.0. The third-order valence-electron chi connectivity index (χ3n) is 5.18. The molecule has 0 spiro atoms. The first kappa shape index (κ1) is 20.5. The molecule has 0 aromatic carbocycles.